The number of aromatic amines is 1. The van der Waals surface area contributed by atoms with Gasteiger partial charge in [-0.15, -0.1) is 0 Å². The molecule has 0 atom stereocenters. The molecule has 3 heteroatoms. The third-order valence-corrected chi connectivity index (χ3v) is 5.21. The van der Waals surface area contributed by atoms with Crippen molar-refractivity contribution in [1.82, 2.24) is 4.98 Å². The molecule has 0 aliphatic rings. The van der Waals surface area contributed by atoms with E-state index in [0.717, 1.165) is 11.1 Å². The normalized spacial score (nSPS) is 11.9. The summed E-state index contributed by atoms with van der Waals surface area (Å²) in [4.78, 5) is 15.6. The molecule has 0 amide bonds. The van der Waals surface area contributed by atoms with E-state index in [4.69, 9.17) is 0 Å². The molecular weight excluding hydrogens is 356 g/mol. The zero-order valence-corrected chi connectivity index (χ0v) is 18.1. The molecule has 2 aromatic carbocycles. The van der Waals surface area contributed by atoms with Crippen LogP contribution < -0.4 is 5.56 Å². The molecule has 1 N–H and O–H groups in total. The molecule has 0 aliphatic heterocycles. The van der Waals surface area contributed by atoms with Crippen LogP contribution in [0, 0.1) is 11.3 Å². The Morgan fingerprint density at radius 1 is 0.793 bits per heavy atom. The lowest BCUT2D eigenvalue weighted by Crippen LogP contribution is -2.17. The molecule has 0 saturated heterocycles. The van der Waals surface area contributed by atoms with E-state index in [9.17, 15) is 10.1 Å². The van der Waals surface area contributed by atoms with Crippen molar-refractivity contribution < 1.29 is 0 Å². The zero-order chi connectivity index (χ0) is 21.4. The minimum absolute atomic E-state index is 0.0493. The number of nitrogens with zero attached hydrogens (tertiary/aromatic N) is 1. The van der Waals surface area contributed by atoms with Crippen LogP contribution in [0.4, 0.5) is 0 Å². The highest BCUT2D eigenvalue weighted by molar-refractivity contribution is 5.76. The summed E-state index contributed by atoms with van der Waals surface area (Å²) >= 11 is 0. The van der Waals surface area contributed by atoms with Gasteiger partial charge in [0.2, 0.25) is 0 Å². The number of nitriles is 1. The first-order valence-electron chi connectivity index (χ1n) is 9.90. The van der Waals surface area contributed by atoms with E-state index < -0.39 is 0 Å². The number of aromatic nitrogens is 1. The van der Waals surface area contributed by atoms with E-state index in [2.05, 4.69) is 70.8 Å². The van der Waals surface area contributed by atoms with Crippen molar-refractivity contribution in [2.45, 2.75) is 52.4 Å². The fraction of sp³-hybridized carbons (Fsp3) is 0.308. The molecule has 29 heavy (non-hydrogen) atoms. The number of benzene rings is 2. The lowest BCUT2D eigenvalue weighted by atomic mass is 9.78. The minimum Gasteiger partial charge on any atom is -0.321 e. The highest BCUT2D eigenvalue weighted by atomic mass is 16.1. The summed E-state index contributed by atoms with van der Waals surface area (Å²) in [5.41, 5.74) is 5.27. The highest BCUT2D eigenvalue weighted by Gasteiger charge is 2.22. The Morgan fingerprint density at radius 3 is 1.83 bits per heavy atom. The van der Waals surface area contributed by atoms with Crippen LogP contribution >= 0.6 is 0 Å². The van der Waals surface area contributed by atoms with Gasteiger partial charge in [-0.25, -0.2) is 0 Å². The average Bonchev–Trinajstić information content (AvgIpc) is 2.66. The minimum atomic E-state index is -0.359. The summed E-state index contributed by atoms with van der Waals surface area (Å²) in [7, 11) is 0. The number of rotatable bonds is 2. The molecule has 1 heterocycles. The first-order valence-corrected chi connectivity index (χ1v) is 9.90. The van der Waals surface area contributed by atoms with Crippen LogP contribution in [0.15, 0.2) is 59.4 Å². The van der Waals surface area contributed by atoms with Crippen molar-refractivity contribution in [2.75, 3.05) is 0 Å². The largest absolute Gasteiger partial charge is 0.321 e. The van der Waals surface area contributed by atoms with Gasteiger partial charge in [-0.2, -0.15) is 5.26 Å². The summed E-state index contributed by atoms with van der Waals surface area (Å²) in [5.74, 6) is 0. The van der Waals surface area contributed by atoms with Crippen molar-refractivity contribution in [3.8, 4) is 28.5 Å². The van der Waals surface area contributed by atoms with Gasteiger partial charge in [-0.3, -0.25) is 4.79 Å². The third-order valence-electron chi connectivity index (χ3n) is 5.21. The lowest BCUT2D eigenvalue weighted by Gasteiger charge is -2.26. The molecule has 3 nitrogen and oxygen atoms in total. The van der Waals surface area contributed by atoms with E-state index >= 15 is 0 Å². The van der Waals surface area contributed by atoms with Crippen LogP contribution in [-0.4, -0.2) is 4.98 Å². The highest BCUT2D eigenvalue weighted by Crippen LogP contribution is 2.35. The van der Waals surface area contributed by atoms with Gasteiger partial charge in [0, 0.05) is 11.3 Å². The van der Waals surface area contributed by atoms with Crippen LogP contribution in [0.5, 0.6) is 0 Å². The lowest BCUT2D eigenvalue weighted by molar-refractivity contribution is 0.569. The molecule has 0 aliphatic carbocycles. The van der Waals surface area contributed by atoms with Crippen LogP contribution in [0.25, 0.3) is 22.4 Å². The second-order valence-corrected chi connectivity index (χ2v) is 9.58. The topological polar surface area (TPSA) is 56.6 Å². The standard InChI is InChI=1S/C26H28N2O/c1-25(2,3)19-12-18(13-20(14-19)26(4,5)6)21-15-23(17-10-8-7-9-11-17)28-24(29)22(21)16-27/h7-15H,1-6H3,(H,28,29). The Bertz CT molecular complexity index is 1100. The summed E-state index contributed by atoms with van der Waals surface area (Å²) in [6.45, 7) is 13.1. The van der Waals surface area contributed by atoms with Gasteiger partial charge in [0.1, 0.15) is 11.6 Å². The quantitative estimate of drug-likeness (QED) is 0.574. The number of hydrogen-bond donors (Lipinski definition) is 1. The molecule has 0 unspecified atom stereocenters. The molecule has 0 spiro atoms. The summed E-state index contributed by atoms with van der Waals surface area (Å²) in [6, 6.07) is 20.2. The van der Waals surface area contributed by atoms with Gasteiger partial charge < -0.3 is 4.98 Å². The van der Waals surface area contributed by atoms with Crippen molar-refractivity contribution in [3.63, 3.8) is 0 Å². The number of nitrogens with one attached hydrogen (secondary N) is 1. The fourth-order valence-electron chi connectivity index (χ4n) is 3.32. The second-order valence-electron chi connectivity index (χ2n) is 9.58. The van der Waals surface area contributed by atoms with Crippen LogP contribution in [0.3, 0.4) is 0 Å². The maximum Gasteiger partial charge on any atom is 0.266 e. The SMILES string of the molecule is CC(C)(C)c1cc(-c2cc(-c3ccccc3)[nH]c(=O)c2C#N)cc(C(C)(C)C)c1. The molecule has 3 rings (SSSR count). The maximum absolute atomic E-state index is 12.7. The molecule has 0 radical (unpaired) electrons. The summed E-state index contributed by atoms with van der Waals surface area (Å²) in [5, 5.41) is 9.71. The van der Waals surface area contributed by atoms with Crippen LogP contribution in [-0.2, 0) is 10.8 Å². The maximum atomic E-state index is 12.7. The van der Waals surface area contributed by atoms with Gasteiger partial charge in [0.15, 0.2) is 0 Å². The third kappa shape index (κ3) is 4.32. The molecule has 0 bridgehead atoms. The zero-order valence-electron chi connectivity index (χ0n) is 18.1. The van der Waals surface area contributed by atoms with Gasteiger partial charge >= 0.3 is 0 Å². The monoisotopic (exact) mass is 384 g/mol. The van der Waals surface area contributed by atoms with Gasteiger partial charge in [-0.1, -0.05) is 90.1 Å². The first-order chi connectivity index (χ1) is 13.5. The molecule has 0 saturated carbocycles. The predicted octanol–water partition coefficient (Wildman–Crippen LogP) is 6.18. The van der Waals surface area contributed by atoms with Crippen molar-refractivity contribution in [3.05, 3.63) is 81.6 Å². The first kappa shape index (κ1) is 20.6. The molecular formula is C26H28N2O. The number of pyridine rings is 1. The van der Waals surface area contributed by atoms with Crippen LogP contribution in [0.2, 0.25) is 0 Å². The van der Waals surface area contributed by atoms with E-state index in [1.807, 2.05) is 36.4 Å². The summed E-state index contributed by atoms with van der Waals surface area (Å²) < 4.78 is 0. The molecule has 1 aromatic heterocycles. The Balaban J connectivity index is 2.34. The Kier molecular flexibility index (Phi) is 5.24. The molecule has 148 valence electrons. The molecule has 3 aromatic rings. The van der Waals surface area contributed by atoms with E-state index in [0.29, 0.717) is 11.3 Å². The molecule has 0 fully saturated rings. The fourth-order valence-corrected chi connectivity index (χ4v) is 3.32. The number of hydrogen-bond acceptors (Lipinski definition) is 2. The second kappa shape index (κ2) is 7.37. The van der Waals surface area contributed by atoms with Crippen molar-refractivity contribution >= 4 is 0 Å². The van der Waals surface area contributed by atoms with Gasteiger partial charge in [0.05, 0.1) is 0 Å². The predicted molar refractivity (Wildman–Crippen MR) is 120 cm³/mol. The Hall–Kier alpha value is -3.12. The average molecular weight is 385 g/mol. The Labute approximate surface area is 173 Å². The van der Waals surface area contributed by atoms with E-state index in [-0.39, 0.29) is 22.0 Å². The van der Waals surface area contributed by atoms with E-state index in [1.165, 1.54) is 11.1 Å². The van der Waals surface area contributed by atoms with Gasteiger partial charge in [0.25, 0.3) is 5.56 Å². The van der Waals surface area contributed by atoms with Gasteiger partial charge in [-0.05, 0) is 39.2 Å². The Morgan fingerprint density at radius 2 is 1.34 bits per heavy atom. The smallest absolute Gasteiger partial charge is 0.266 e. The van der Waals surface area contributed by atoms with Crippen molar-refractivity contribution in [1.29, 1.82) is 5.26 Å². The summed E-state index contributed by atoms with van der Waals surface area (Å²) in [6.07, 6.45) is 0. The van der Waals surface area contributed by atoms with Crippen LogP contribution in [0.1, 0.15) is 58.2 Å². The van der Waals surface area contributed by atoms with Crippen molar-refractivity contribution in [2.24, 2.45) is 0 Å². The van der Waals surface area contributed by atoms with E-state index in [1.54, 1.807) is 0 Å². The number of H-pyrrole nitrogens is 1.